The van der Waals surface area contributed by atoms with Gasteiger partial charge >= 0.3 is 6.18 Å². The predicted molar refractivity (Wildman–Crippen MR) is 83.3 cm³/mol. The maximum absolute atomic E-state index is 12.4. The Bertz CT molecular complexity index is 750. The minimum absolute atomic E-state index is 0.135. The van der Waals surface area contributed by atoms with Crippen LogP contribution in [0.1, 0.15) is 10.4 Å². The van der Waals surface area contributed by atoms with Crippen LogP contribution in [0, 0.1) is 0 Å². The van der Waals surface area contributed by atoms with Gasteiger partial charge < -0.3 is 19.5 Å². The van der Waals surface area contributed by atoms with Gasteiger partial charge in [-0.15, -0.1) is 0 Å². The molecule has 0 radical (unpaired) electrons. The van der Waals surface area contributed by atoms with E-state index in [0.29, 0.717) is 17.2 Å². The van der Waals surface area contributed by atoms with Crippen LogP contribution in [0.3, 0.4) is 0 Å². The molecular weight excluding hydrogens is 341 g/mol. The number of aromatic nitrogens is 1. The molecule has 0 saturated carbocycles. The number of hydrogen-bond donors (Lipinski definition) is 1. The number of ether oxygens (including phenoxy) is 3. The van der Waals surface area contributed by atoms with Gasteiger partial charge in [0, 0.05) is 12.3 Å². The van der Waals surface area contributed by atoms with E-state index in [2.05, 4.69) is 15.0 Å². The minimum atomic E-state index is -4.54. The molecule has 134 valence electrons. The third kappa shape index (κ3) is 5.00. The first-order chi connectivity index (χ1) is 11.8. The molecule has 0 saturated heterocycles. The van der Waals surface area contributed by atoms with E-state index in [-0.39, 0.29) is 5.56 Å². The van der Waals surface area contributed by atoms with Gasteiger partial charge in [-0.3, -0.25) is 4.79 Å². The molecule has 1 N–H and O–H groups in total. The molecule has 0 fully saturated rings. The Morgan fingerprint density at radius 3 is 2.60 bits per heavy atom. The number of rotatable bonds is 6. The van der Waals surface area contributed by atoms with Gasteiger partial charge in [0.1, 0.15) is 17.1 Å². The Morgan fingerprint density at radius 1 is 1.20 bits per heavy atom. The quantitative estimate of drug-likeness (QED) is 0.860. The van der Waals surface area contributed by atoms with Crippen LogP contribution in [-0.2, 0) is 0 Å². The summed E-state index contributed by atoms with van der Waals surface area (Å²) < 4.78 is 51.7. The topological polar surface area (TPSA) is 69.7 Å². The van der Waals surface area contributed by atoms with Gasteiger partial charge in [0.05, 0.1) is 19.9 Å². The maximum Gasteiger partial charge on any atom is 0.422 e. The highest BCUT2D eigenvalue weighted by atomic mass is 19.4. The van der Waals surface area contributed by atoms with E-state index in [1.54, 1.807) is 18.2 Å². The van der Waals surface area contributed by atoms with Crippen molar-refractivity contribution in [3.05, 3.63) is 42.1 Å². The van der Waals surface area contributed by atoms with Gasteiger partial charge in [-0.05, 0) is 24.3 Å². The normalized spacial score (nSPS) is 10.9. The smallest absolute Gasteiger partial charge is 0.422 e. The molecule has 9 heteroatoms. The molecule has 0 aliphatic carbocycles. The number of methoxy groups -OCH3 is 2. The molecule has 2 rings (SSSR count). The van der Waals surface area contributed by atoms with Crippen molar-refractivity contribution in [2.75, 3.05) is 26.1 Å². The van der Waals surface area contributed by atoms with E-state index in [4.69, 9.17) is 9.47 Å². The fourth-order valence-corrected chi connectivity index (χ4v) is 1.92. The van der Waals surface area contributed by atoms with Crippen LogP contribution in [0.4, 0.5) is 18.9 Å². The lowest BCUT2D eigenvalue weighted by atomic mass is 10.2. The molecule has 6 nitrogen and oxygen atoms in total. The average molecular weight is 356 g/mol. The SMILES string of the molecule is COc1ccc(NC(=O)c2cccnc2OCC(F)(F)F)c(OC)c1. The van der Waals surface area contributed by atoms with E-state index in [1.807, 2.05) is 0 Å². The number of alkyl halides is 3. The number of anilines is 1. The van der Waals surface area contributed by atoms with Gasteiger partial charge in [0.2, 0.25) is 5.88 Å². The van der Waals surface area contributed by atoms with Crippen molar-refractivity contribution in [2.45, 2.75) is 6.18 Å². The Labute approximate surface area is 141 Å². The van der Waals surface area contributed by atoms with Gasteiger partial charge in [-0.2, -0.15) is 13.2 Å². The highest BCUT2D eigenvalue weighted by Crippen LogP contribution is 2.30. The van der Waals surface area contributed by atoms with Crippen LogP contribution >= 0.6 is 0 Å². The van der Waals surface area contributed by atoms with Gasteiger partial charge in [-0.1, -0.05) is 0 Å². The molecule has 0 bridgehead atoms. The Balaban J connectivity index is 2.21. The van der Waals surface area contributed by atoms with Crippen molar-refractivity contribution >= 4 is 11.6 Å². The number of pyridine rings is 1. The summed E-state index contributed by atoms with van der Waals surface area (Å²) in [5, 5.41) is 2.55. The number of carbonyl (C=O) groups excluding carboxylic acids is 1. The third-order valence-corrected chi connectivity index (χ3v) is 3.05. The van der Waals surface area contributed by atoms with Crippen LogP contribution in [0.5, 0.6) is 17.4 Å². The van der Waals surface area contributed by atoms with Crippen molar-refractivity contribution in [3.8, 4) is 17.4 Å². The lowest BCUT2D eigenvalue weighted by Gasteiger charge is -2.14. The molecule has 25 heavy (non-hydrogen) atoms. The summed E-state index contributed by atoms with van der Waals surface area (Å²) in [6.45, 7) is -1.55. The third-order valence-electron chi connectivity index (χ3n) is 3.05. The van der Waals surface area contributed by atoms with Crippen molar-refractivity contribution < 1.29 is 32.2 Å². The van der Waals surface area contributed by atoms with Crippen molar-refractivity contribution in [2.24, 2.45) is 0 Å². The number of hydrogen-bond acceptors (Lipinski definition) is 5. The lowest BCUT2D eigenvalue weighted by Crippen LogP contribution is -2.22. The maximum atomic E-state index is 12.4. The number of halogens is 3. The second-order valence-electron chi connectivity index (χ2n) is 4.78. The zero-order chi connectivity index (χ0) is 18.4. The first-order valence-corrected chi connectivity index (χ1v) is 7.02. The summed E-state index contributed by atoms with van der Waals surface area (Å²) in [7, 11) is 2.89. The van der Waals surface area contributed by atoms with Gasteiger partial charge in [0.25, 0.3) is 5.91 Å². The van der Waals surface area contributed by atoms with Gasteiger partial charge in [0.15, 0.2) is 6.61 Å². The molecular formula is C16H15F3N2O4. The largest absolute Gasteiger partial charge is 0.497 e. The summed E-state index contributed by atoms with van der Waals surface area (Å²) in [4.78, 5) is 16.1. The molecule has 1 heterocycles. The molecule has 0 unspecified atom stereocenters. The zero-order valence-corrected chi connectivity index (χ0v) is 13.4. The fourth-order valence-electron chi connectivity index (χ4n) is 1.92. The molecule has 0 atom stereocenters. The first-order valence-electron chi connectivity index (χ1n) is 7.02. The summed E-state index contributed by atoms with van der Waals surface area (Å²) in [6.07, 6.45) is -3.30. The lowest BCUT2D eigenvalue weighted by molar-refractivity contribution is -0.154. The van der Waals surface area contributed by atoms with E-state index in [1.165, 1.54) is 32.5 Å². The Kier molecular flexibility index (Phi) is 5.68. The molecule has 0 spiro atoms. The Hall–Kier alpha value is -2.97. The summed E-state index contributed by atoms with van der Waals surface area (Å²) in [5.41, 5.74) is 0.184. The van der Waals surface area contributed by atoms with Crippen molar-refractivity contribution in [1.29, 1.82) is 0 Å². The van der Waals surface area contributed by atoms with Crippen LogP contribution < -0.4 is 19.5 Å². The molecule has 0 aliphatic rings. The first kappa shape index (κ1) is 18.4. The molecule has 1 aromatic carbocycles. The summed E-state index contributed by atoms with van der Waals surface area (Å²) in [5.74, 6) is -0.252. The standard InChI is InChI=1S/C16H15F3N2O4/c1-23-10-5-6-12(13(8-10)24-2)21-14(22)11-4-3-7-20-15(11)25-9-16(17,18)19/h3-8H,9H2,1-2H3,(H,21,22). The fraction of sp³-hybridized carbons (Fsp3) is 0.250. The second kappa shape index (κ2) is 7.73. The number of amides is 1. The van der Waals surface area contributed by atoms with E-state index in [9.17, 15) is 18.0 Å². The van der Waals surface area contributed by atoms with Crippen LogP contribution in [0.2, 0.25) is 0 Å². The predicted octanol–water partition coefficient (Wildman–Crippen LogP) is 3.29. The summed E-state index contributed by atoms with van der Waals surface area (Å²) >= 11 is 0. The number of benzene rings is 1. The van der Waals surface area contributed by atoms with Crippen molar-refractivity contribution in [1.82, 2.24) is 4.98 Å². The van der Waals surface area contributed by atoms with Crippen LogP contribution in [-0.4, -0.2) is 37.9 Å². The number of nitrogens with zero attached hydrogens (tertiary/aromatic N) is 1. The zero-order valence-electron chi connectivity index (χ0n) is 13.4. The second-order valence-corrected chi connectivity index (χ2v) is 4.78. The van der Waals surface area contributed by atoms with Crippen molar-refractivity contribution in [3.63, 3.8) is 0 Å². The minimum Gasteiger partial charge on any atom is -0.497 e. The number of carbonyl (C=O) groups is 1. The number of nitrogens with one attached hydrogen (secondary N) is 1. The average Bonchev–Trinajstić information content (AvgIpc) is 2.59. The monoisotopic (exact) mass is 356 g/mol. The van der Waals surface area contributed by atoms with Crippen LogP contribution in [0.15, 0.2) is 36.5 Å². The molecule has 2 aromatic rings. The molecule has 0 aliphatic heterocycles. The van der Waals surface area contributed by atoms with Gasteiger partial charge in [-0.25, -0.2) is 4.98 Å². The van der Waals surface area contributed by atoms with E-state index in [0.717, 1.165) is 0 Å². The van der Waals surface area contributed by atoms with E-state index < -0.39 is 24.6 Å². The highest BCUT2D eigenvalue weighted by Gasteiger charge is 2.29. The summed E-state index contributed by atoms with van der Waals surface area (Å²) in [6, 6.07) is 7.43. The Morgan fingerprint density at radius 2 is 1.96 bits per heavy atom. The molecule has 1 aromatic heterocycles. The van der Waals surface area contributed by atoms with Crippen LogP contribution in [0.25, 0.3) is 0 Å². The van der Waals surface area contributed by atoms with E-state index >= 15 is 0 Å². The molecule has 1 amide bonds. The highest BCUT2D eigenvalue weighted by molar-refractivity contribution is 6.06.